The first-order valence-corrected chi connectivity index (χ1v) is 9.85. The molecule has 0 saturated heterocycles. The Hall–Kier alpha value is -2.57. The highest BCUT2D eigenvalue weighted by atomic mass is 35.5. The van der Waals surface area contributed by atoms with E-state index in [1.807, 2.05) is 39.8 Å². The molecule has 0 aliphatic rings. The van der Waals surface area contributed by atoms with Gasteiger partial charge in [-0.15, -0.1) is 5.10 Å². The molecule has 0 radical (unpaired) electrons. The van der Waals surface area contributed by atoms with Crippen LogP contribution in [0.1, 0.15) is 31.9 Å². The number of aryl methyl sites for hydroxylation is 1. The van der Waals surface area contributed by atoms with E-state index in [1.165, 1.54) is 4.68 Å². The zero-order valence-corrected chi connectivity index (χ0v) is 18.1. The van der Waals surface area contributed by atoms with Crippen LogP contribution in [0.2, 0.25) is 10.0 Å². The minimum absolute atomic E-state index is 0.0528. The summed E-state index contributed by atoms with van der Waals surface area (Å²) in [6, 6.07) is 10.6. The molecule has 2 N–H and O–H groups in total. The third-order valence-corrected chi connectivity index (χ3v) is 5.17. The van der Waals surface area contributed by atoms with Gasteiger partial charge in [0, 0.05) is 22.5 Å². The fraction of sp³-hybridized carbons (Fsp3) is 0.286. The number of amides is 1. The third kappa shape index (κ3) is 4.71. The summed E-state index contributed by atoms with van der Waals surface area (Å²) in [6.45, 7) is 7.78. The summed E-state index contributed by atoms with van der Waals surface area (Å²) in [5, 5.41) is 8.27. The van der Waals surface area contributed by atoms with Crippen LogP contribution in [0.3, 0.4) is 0 Å². The van der Waals surface area contributed by atoms with Crippen molar-refractivity contribution in [1.82, 2.24) is 20.1 Å². The van der Waals surface area contributed by atoms with E-state index in [1.54, 1.807) is 24.3 Å². The number of benzene rings is 2. The Morgan fingerprint density at radius 2 is 1.86 bits per heavy atom. The normalized spacial score (nSPS) is 11.5. The third-order valence-electron chi connectivity index (χ3n) is 4.44. The average molecular weight is 433 g/mol. The van der Waals surface area contributed by atoms with Gasteiger partial charge >= 0.3 is 5.69 Å². The second-order valence-electron chi connectivity index (χ2n) is 7.87. The highest BCUT2D eigenvalue weighted by molar-refractivity contribution is 6.33. The van der Waals surface area contributed by atoms with Crippen molar-refractivity contribution in [3.05, 3.63) is 68.1 Å². The fourth-order valence-electron chi connectivity index (χ4n) is 2.65. The van der Waals surface area contributed by atoms with Crippen molar-refractivity contribution in [2.75, 3.05) is 0 Å². The summed E-state index contributed by atoms with van der Waals surface area (Å²) < 4.78 is 1.24. The number of carbonyl (C=O) groups excluding carboxylic acids is 1. The zero-order valence-electron chi connectivity index (χ0n) is 16.6. The van der Waals surface area contributed by atoms with Crippen molar-refractivity contribution in [2.45, 2.75) is 34.2 Å². The van der Waals surface area contributed by atoms with E-state index >= 15 is 0 Å². The molecule has 29 heavy (non-hydrogen) atoms. The van der Waals surface area contributed by atoms with E-state index in [0.29, 0.717) is 33.7 Å². The van der Waals surface area contributed by atoms with Crippen LogP contribution in [-0.2, 0) is 11.3 Å². The summed E-state index contributed by atoms with van der Waals surface area (Å²) in [4.78, 5) is 27.3. The van der Waals surface area contributed by atoms with Crippen LogP contribution in [0.4, 0.5) is 0 Å². The number of rotatable bonds is 4. The summed E-state index contributed by atoms with van der Waals surface area (Å²) in [6.07, 6.45) is 0. The number of H-pyrrole nitrogens is 1. The number of aromatic nitrogens is 3. The molecule has 3 rings (SSSR count). The van der Waals surface area contributed by atoms with Gasteiger partial charge in [-0.1, -0.05) is 56.1 Å². The second-order valence-corrected chi connectivity index (χ2v) is 8.69. The van der Waals surface area contributed by atoms with Gasteiger partial charge in [0.25, 0.3) is 0 Å². The lowest BCUT2D eigenvalue weighted by atomic mass is 9.95. The molecule has 8 heteroatoms. The second kappa shape index (κ2) is 8.05. The SMILES string of the molecule is Cc1ccc(-n2nc(-c3cc(CNC(=O)C(C)(C)C)ccc3Cl)[nH]c2=O)cc1Cl. The van der Waals surface area contributed by atoms with Gasteiger partial charge < -0.3 is 5.32 Å². The molecule has 2 aromatic carbocycles. The molecule has 0 bridgehead atoms. The summed E-state index contributed by atoms with van der Waals surface area (Å²) in [7, 11) is 0. The van der Waals surface area contributed by atoms with E-state index in [9.17, 15) is 9.59 Å². The first-order chi connectivity index (χ1) is 13.6. The maximum atomic E-state index is 12.4. The van der Waals surface area contributed by atoms with Gasteiger partial charge in [0.15, 0.2) is 5.82 Å². The van der Waals surface area contributed by atoms with E-state index in [4.69, 9.17) is 23.2 Å². The van der Waals surface area contributed by atoms with Gasteiger partial charge in [-0.25, -0.2) is 4.79 Å². The summed E-state index contributed by atoms with van der Waals surface area (Å²) in [5.74, 6) is 0.281. The minimum atomic E-state index is -0.478. The predicted octanol–water partition coefficient (Wildman–Crippen LogP) is 4.51. The molecule has 1 amide bonds. The molecule has 1 heterocycles. The standard InChI is InChI=1S/C21H22Cl2N4O2/c1-12-5-7-14(10-17(12)23)27-20(29)25-18(26-27)15-9-13(6-8-16(15)22)11-24-19(28)21(2,3)4/h5-10H,11H2,1-4H3,(H,24,28)(H,25,26,29). The minimum Gasteiger partial charge on any atom is -0.352 e. The van der Waals surface area contributed by atoms with Crippen molar-refractivity contribution in [3.8, 4) is 17.1 Å². The van der Waals surface area contributed by atoms with Crippen LogP contribution < -0.4 is 11.0 Å². The number of nitrogens with zero attached hydrogens (tertiary/aromatic N) is 2. The molecule has 0 saturated carbocycles. The topological polar surface area (TPSA) is 79.8 Å². The highest BCUT2D eigenvalue weighted by Crippen LogP contribution is 2.27. The van der Waals surface area contributed by atoms with E-state index in [2.05, 4.69) is 15.4 Å². The zero-order chi connectivity index (χ0) is 21.3. The lowest BCUT2D eigenvalue weighted by Gasteiger charge is -2.17. The maximum absolute atomic E-state index is 12.4. The number of carbonyl (C=O) groups is 1. The molecule has 0 aliphatic carbocycles. The summed E-state index contributed by atoms with van der Waals surface area (Å²) >= 11 is 12.5. The summed E-state index contributed by atoms with van der Waals surface area (Å²) in [5.41, 5.74) is 2.00. The monoisotopic (exact) mass is 432 g/mol. The van der Waals surface area contributed by atoms with Crippen LogP contribution in [-0.4, -0.2) is 20.7 Å². The molecule has 0 atom stereocenters. The lowest BCUT2D eigenvalue weighted by Crippen LogP contribution is -2.34. The number of nitrogens with one attached hydrogen (secondary N) is 2. The highest BCUT2D eigenvalue weighted by Gasteiger charge is 2.21. The molecule has 0 unspecified atom stereocenters. The Bertz CT molecular complexity index is 1130. The first-order valence-electron chi connectivity index (χ1n) is 9.09. The molecule has 0 spiro atoms. The molecular weight excluding hydrogens is 411 g/mol. The van der Waals surface area contributed by atoms with E-state index in [-0.39, 0.29) is 5.91 Å². The van der Waals surface area contributed by atoms with Gasteiger partial charge in [-0.3, -0.25) is 9.78 Å². The van der Waals surface area contributed by atoms with Crippen molar-refractivity contribution in [1.29, 1.82) is 0 Å². The van der Waals surface area contributed by atoms with Gasteiger partial charge in [-0.05, 0) is 42.3 Å². The van der Waals surface area contributed by atoms with E-state index < -0.39 is 11.1 Å². The van der Waals surface area contributed by atoms with Crippen molar-refractivity contribution >= 4 is 29.1 Å². The smallest absolute Gasteiger partial charge is 0.348 e. The lowest BCUT2D eigenvalue weighted by molar-refractivity contribution is -0.128. The Labute approximate surface area is 178 Å². The van der Waals surface area contributed by atoms with Crippen LogP contribution >= 0.6 is 23.2 Å². The first kappa shape index (κ1) is 21.1. The molecule has 0 aliphatic heterocycles. The number of hydrogen-bond acceptors (Lipinski definition) is 3. The van der Waals surface area contributed by atoms with Crippen molar-refractivity contribution < 1.29 is 4.79 Å². The molecule has 3 aromatic rings. The number of hydrogen-bond donors (Lipinski definition) is 2. The Balaban J connectivity index is 1.92. The van der Waals surface area contributed by atoms with Crippen LogP contribution in [0, 0.1) is 12.3 Å². The van der Waals surface area contributed by atoms with Crippen LogP contribution in [0.25, 0.3) is 17.1 Å². The Morgan fingerprint density at radius 1 is 1.14 bits per heavy atom. The van der Waals surface area contributed by atoms with E-state index in [0.717, 1.165) is 11.1 Å². The molecule has 1 aromatic heterocycles. The maximum Gasteiger partial charge on any atom is 0.348 e. The number of halogens is 2. The van der Waals surface area contributed by atoms with Gasteiger partial charge in [0.2, 0.25) is 5.91 Å². The average Bonchev–Trinajstić information content (AvgIpc) is 3.03. The van der Waals surface area contributed by atoms with Crippen molar-refractivity contribution in [3.63, 3.8) is 0 Å². The van der Waals surface area contributed by atoms with Gasteiger partial charge in [0.05, 0.1) is 10.7 Å². The molecule has 152 valence electrons. The van der Waals surface area contributed by atoms with Crippen LogP contribution in [0.15, 0.2) is 41.2 Å². The predicted molar refractivity (Wildman–Crippen MR) is 116 cm³/mol. The van der Waals surface area contributed by atoms with Gasteiger partial charge in [0.1, 0.15) is 0 Å². The quantitative estimate of drug-likeness (QED) is 0.636. The Morgan fingerprint density at radius 3 is 2.52 bits per heavy atom. The number of aromatic amines is 1. The van der Waals surface area contributed by atoms with Crippen molar-refractivity contribution in [2.24, 2.45) is 5.41 Å². The molecule has 6 nitrogen and oxygen atoms in total. The van der Waals surface area contributed by atoms with Gasteiger partial charge in [-0.2, -0.15) is 4.68 Å². The molecular formula is C21H22Cl2N4O2. The van der Waals surface area contributed by atoms with Crippen LogP contribution in [0.5, 0.6) is 0 Å². The molecule has 0 fully saturated rings. The Kier molecular flexibility index (Phi) is 5.87. The fourth-order valence-corrected chi connectivity index (χ4v) is 3.03. The largest absolute Gasteiger partial charge is 0.352 e.